The standard InChI is InChI=1S/C12H10N4S/c13-12(11-7-17-16-15-11)9-5-8-3-1-2-4-10(8)14-6-9/h1-7,12H,13H2. The van der Waals surface area contributed by atoms with Crippen LogP contribution in [0.2, 0.25) is 0 Å². The van der Waals surface area contributed by atoms with E-state index in [4.69, 9.17) is 5.73 Å². The normalized spacial score (nSPS) is 12.8. The van der Waals surface area contributed by atoms with Crippen molar-refractivity contribution in [3.05, 3.63) is 53.2 Å². The molecule has 0 bridgehead atoms. The van der Waals surface area contributed by atoms with Crippen molar-refractivity contribution in [1.82, 2.24) is 14.6 Å². The molecule has 1 aromatic carbocycles. The highest BCUT2D eigenvalue weighted by molar-refractivity contribution is 7.03. The Kier molecular flexibility index (Phi) is 2.55. The van der Waals surface area contributed by atoms with Crippen LogP contribution in [0.3, 0.4) is 0 Å². The van der Waals surface area contributed by atoms with Gasteiger partial charge in [-0.1, -0.05) is 22.7 Å². The first-order valence-electron chi connectivity index (χ1n) is 5.22. The second-order valence-corrected chi connectivity index (χ2v) is 4.38. The van der Waals surface area contributed by atoms with Crippen molar-refractivity contribution < 1.29 is 0 Å². The van der Waals surface area contributed by atoms with Gasteiger partial charge in [-0.25, -0.2) is 0 Å². The molecule has 0 saturated carbocycles. The number of fused-ring (bicyclic) bond motifs is 1. The van der Waals surface area contributed by atoms with Crippen LogP contribution < -0.4 is 5.73 Å². The second kappa shape index (κ2) is 4.20. The summed E-state index contributed by atoms with van der Waals surface area (Å²) in [5, 5.41) is 6.94. The number of rotatable bonds is 2. The summed E-state index contributed by atoms with van der Waals surface area (Å²) in [5.41, 5.74) is 8.83. The van der Waals surface area contributed by atoms with Gasteiger partial charge >= 0.3 is 0 Å². The zero-order valence-corrected chi connectivity index (χ0v) is 9.76. The Balaban J connectivity index is 2.06. The van der Waals surface area contributed by atoms with Gasteiger partial charge < -0.3 is 5.73 Å². The number of hydrogen-bond acceptors (Lipinski definition) is 5. The van der Waals surface area contributed by atoms with Crippen LogP contribution in [0.4, 0.5) is 0 Å². The number of nitrogens with zero attached hydrogens (tertiary/aromatic N) is 3. The number of para-hydroxylation sites is 1. The summed E-state index contributed by atoms with van der Waals surface area (Å²) < 4.78 is 3.82. The highest BCUT2D eigenvalue weighted by Gasteiger charge is 2.12. The molecule has 2 N–H and O–H groups in total. The van der Waals surface area contributed by atoms with Crippen molar-refractivity contribution in [2.75, 3.05) is 0 Å². The molecule has 3 rings (SSSR count). The average molecular weight is 242 g/mol. The average Bonchev–Trinajstić information content (AvgIpc) is 2.91. The molecule has 0 saturated heterocycles. The molecule has 0 aliphatic heterocycles. The fourth-order valence-electron chi connectivity index (χ4n) is 1.74. The van der Waals surface area contributed by atoms with E-state index in [1.807, 2.05) is 35.7 Å². The Morgan fingerprint density at radius 3 is 2.94 bits per heavy atom. The summed E-state index contributed by atoms with van der Waals surface area (Å²) in [6.07, 6.45) is 1.80. The van der Waals surface area contributed by atoms with Gasteiger partial charge in [0.2, 0.25) is 0 Å². The van der Waals surface area contributed by atoms with Crippen LogP contribution in [0.1, 0.15) is 17.3 Å². The van der Waals surface area contributed by atoms with Crippen LogP contribution >= 0.6 is 11.5 Å². The minimum absolute atomic E-state index is 0.258. The van der Waals surface area contributed by atoms with E-state index in [2.05, 4.69) is 14.6 Å². The first-order chi connectivity index (χ1) is 8.34. The van der Waals surface area contributed by atoms with Gasteiger partial charge in [0.15, 0.2) is 0 Å². The molecule has 0 amide bonds. The summed E-state index contributed by atoms with van der Waals surface area (Å²) in [6.45, 7) is 0. The zero-order chi connectivity index (χ0) is 11.7. The summed E-state index contributed by atoms with van der Waals surface area (Å²) in [5.74, 6) is 0. The second-order valence-electron chi connectivity index (χ2n) is 3.77. The topological polar surface area (TPSA) is 64.7 Å². The van der Waals surface area contributed by atoms with Crippen molar-refractivity contribution in [2.24, 2.45) is 5.73 Å². The van der Waals surface area contributed by atoms with Crippen molar-refractivity contribution in [2.45, 2.75) is 6.04 Å². The molecule has 0 spiro atoms. The fourth-order valence-corrected chi connectivity index (χ4v) is 2.23. The van der Waals surface area contributed by atoms with E-state index in [0.717, 1.165) is 22.2 Å². The number of aromatic nitrogens is 3. The molecule has 17 heavy (non-hydrogen) atoms. The molecule has 0 radical (unpaired) electrons. The first kappa shape index (κ1) is 10.3. The molecular formula is C12H10N4S. The third kappa shape index (κ3) is 1.90. The predicted octanol–water partition coefficient (Wildman–Crippen LogP) is 2.13. The van der Waals surface area contributed by atoms with Crippen LogP contribution in [0.15, 0.2) is 41.9 Å². The number of pyridine rings is 1. The number of benzene rings is 1. The van der Waals surface area contributed by atoms with Crippen LogP contribution in [-0.2, 0) is 0 Å². The van der Waals surface area contributed by atoms with Gasteiger partial charge in [0.1, 0.15) is 0 Å². The summed E-state index contributed by atoms with van der Waals surface area (Å²) >= 11 is 1.30. The lowest BCUT2D eigenvalue weighted by Gasteiger charge is -2.08. The molecule has 1 atom stereocenters. The highest BCUT2D eigenvalue weighted by atomic mass is 32.1. The fraction of sp³-hybridized carbons (Fsp3) is 0.0833. The van der Waals surface area contributed by atoms with Gasteiger partial charge in [0, 0.05) is 17.0 Å². The molecule has 84 valence electrons. The first-order valence-corrected chi connectivity index (χ1v) is 6.05. The number of nitrogens with two attached hydrogens (primary N) is 1. The molecular weight excluding hydrogens is 232 g/mol. The maximum Gasteiger partial charge on any atom is 0.0968 e. The summed E-state index contributed by atoms with van der Waals surface area (Å²) in [6, 6.07) is 9.76. The molecule has 2 heterocycles. The van der Waals surface area contributed by atoms with Crippen molar-refractivity contribution in [1.29, 1.82) is 0 Å². The van der Waals surface area contributed by atoms with Crippen molar-refractivity contribution >= 4 is 22.4 Å². The van der Waals surface area contributed by atoms with Gasteiger partial charge in [0.05, 0.1) is 17.3 Å². The molecule has 0 fully saturated rings. The van der Waals surface area contributed by atoms with Gasteiger partial charge in [-0.2, -0.15) is 0 Å². The molecule has 1 unspecified atom stereocenters. The third-order valence-electron chi connectivity index (χ3n) is 2.67. The maximum atomic E-state index is 6.12. The van der Waals surface area contributed by atoms with E-state index in [0.29, 0.717) is 0 Å². The van der Waals surface area contributed by atoms with E-state index >= 15 is 0 Å². The quantitative estimate of drug-likeness (QED) is 0.747. The molecule has 4 nitrogen and oxygen atoms in total. The van der Waals surface area contributed by atoms with Crippen LogP contribution in [0, 0.1) is 0 Å². The Morgan fingerprint density at radius 2 is 2.12 bits per heavy atom. The zero-order valence-electron chi connectivity index (χ0n) is 8.95. The van der Waals surface area contributed by atoms with E-state index in [1.54, 1.807) is 6.20 Å². The largest absolute Gasteiger partial charge is 0.319 e. The summed E-state index contributed by atoms with van der Waals surface area (Å²) in [4.78, 5) is 4.39. The maximum absolute atomic E-state index is 6.12. The molecule has 0 aliphatic carbocycles. The Morgan fingerprint density at radius 1 is 1.24 bits per heavy atom. The Hall–Kier alpha value is -1.85. The number of hydrogen-bond donors (Lipinski definition) is 1. The van der Waals surface area contributed by atoms with Gasteiger partial charge in [0.25, 0.3) is 0 Å². The summed E-state index contributed by atoms with van der Waals surface area (Å²) in [7, 11) is 0. The lowest BCUT2D eigenvalue weighted by molar-refractivity contribution is 0.815. The minimum Gasteiger partial charge on any atom is -0.319 e. The lowest BCUT2D eigenvalue weighted by Crippen LogP contribution is -2.12. The van der Waals surface area contributed by atoms with E-state index in [-0.39, 0.29) is 6.04 Å². The molecule has 5 heteroatoms. The van der Waals surface area contributed by atoms with Gasteiger partial charge in [-0.15, -0.1) is 5.10 Å². The Labute approximate surface area is 102 Å². The van der Waals surface area contributed by atoms with Gasteiger partial charge in [-0.05, 0) is 29.2 Å². The Bertz CT molecular complexity index is 636. The van der Waals surface area contributed by atoms with E-state index in [1.165, 1.54) is 11.5 Å². The smallest absolute Gasteiger partial charge is 0.0968 e. The molecule has 0 aliphatic rings. The van der Waals surface area contributed by atoms with E-state index < -0.39 is 0 Å². The minimum atomic E-state index is -0.258. The van der Waals surface area contributed by atoms with Crippen LogP contribution in [0.5, 0.6) is 0 Å². The van der Waals surface area contributed by atoms with Crippen molar-refractivity contribution in [3.8, 4) is 0 Å². The highest BCUT2D eigenvalue weighted by Crippen LogP contribution is 2.21. The van der Waals surface area contributed by atoms with Gasteiger partial charge in [-0.3, -0.25) is 4.98 Å². The van der Waals surface area contributed by atoms with Crippen molar-refractivity contribution in [3.63, 3.8) is 0 Å². The SMILES string of the molecule is NC(c1cnc2ccccc2c1)c1csnn1. The monoisotopic (exact) mass is 242 g/mol. The van der Waals surface area contributed by atoms with E-state index in [9.17, 15) is 0 Å². The molecule has 3 aromatic rings. The third-order valence-corrected chi connectivity index (χ3v) is 3.19. The molecule has 2 aromatic heterocycles. The van der Waals surface area contributed by atoms with Crippen LogP contribution in [-0.4, -0.2) is 14.6 Å². The lowest BCUT2D eigenvalue weighted by atomic mass is 10.1. The predicted molar refractivity (Wildman–Crippen MR) is 67.7 cm³/mol. The van der Waals surface area contributed by atoms with Crippen LogP contribution in [0.25, 0.3) is 10.9 Å².